The van der Waals surface area contributed by atoms with E-state index in [9.17, 15) is 4.79 Å². The Morgan fingerprint density at radius 3 is 2.63 bits per heavy atom. The summed E-state index contributed by atoms with van der Waals surface area (Å²) in [5.74, 6) is 1.38. The van der Waals surface area contributed by atoms with E-state index in [0.717, 1.165) is 22.8 Å². The lowest BCUT2D eigenvalue weighted by molar-refractivity contribution is 0.662. The second kappa shape index (κ2) is 7.80. The number of benzene rings is 2. The molecule has 0 spiro atoms. The number of hydrogen-bond donors (Lipinski definition) is 0. The van der Waals surface area contributed by atoms with E-state index in [1.54, 1.807) is 16.3 Å². The van der Waals surface area contributed by atoms with Crippen LogP contribution in [0.1, 0.15) is 18.9 Å². The normalized spacial score (nSPS) is 11.7. The number of aromatic nitrogens is 4. The molecule has 0 bridgehead atoms. The van der Waals surface area contributed by atoms with Crippen molar-refractivity contribution < 1.29 is 0 Å². The summed E-state index contributed by atoms with van der Waals surface area (Å²) in [5.41, 5.74) is 2.02. The molecule has 6 heteroatoms. The van der Waals surface area contributed by atoms with Gasteiger partial charge in [-0.2, -0.15) is 0 Å². The van der Waals surface area contributed by atoms with Crippen molar-refractivity contribution in [3.05, 3.63) is 76.6 Å². The molecule has 0 saturated carbocycles. The maximum atomic E-state index is 12.8. The molecule has 4 aromatic rings. The summed E-state index contributed by atoms with van der Waals surface area (Å²) < 4.78 is 3.71. The zero-order chi connectivity index (χ0) is 18.6. The Labute approximate surface area is 161 Å². The van der Waals surface area contributed by atoms with E-state index < -0.39 is 0 Å². The first-order valence-electron chi connectivity index (χ1n) is 9.00. The van der Waals surface area contributed by atoms with Crippen molar-refractivity contribution in [1.29, 1.82) is 0 Å². The Morgan fingerprint density at radius 2 is 1.81 bits per heavy atom. The van der Waals surface area contributed by atoms with Gasteiger partial charge in [-0.05, 0) is 24.1 Å². The number of rotatable bonds is 6. The van der Waals surface area contributed by atoms with Gasteiger partial charge in [0.1, 0.15) is 0 Å². The summed E-state index contributed by atoms with van der Waals surface area (Å²) in [7, 11) is 0. The van der Waals surface area contributed by atoms with Crippen molar-refractivity contribution in [2.24, 2.45) is 0 Å². The zero-order valence-corrected chi connectivity index (χ0v) is 15.9. The van der Waals surface area contributed by atoms with Crippen LogP contribution >= 0.6 is 11.8 Å². The molecule has 0 saturated heterocycles. The number of hydrogen-bond acceptors (Lipinski definition) is 4. The molecule has 5 nitrogen and oxygen atoms in total. The monoisotopic (exact) mass is 376 g/mol. The van der Waals surface area contributed by atoms with E-state index in [1.807, 2.05) is 46.9 Å². The zero-order valence-electron chi connectivity index (χ0n) is 15.1. The van der Waals surface area contributed by atoms with Gasteiger partial charge in [-0.1, -0.05) is 73.3 Å². The molecule has 0 aliphatic rings. The van der Waals surface area contributed by atoms with Crippen molar-refractivity contribution >= 4 is 34.5 Å². The minimum Gasteiger partial charge on any atom is -0.276 e. The molecule has 0 radical (unpaired) electrons. The molecule has 0 amide bonds. The molecule has 2 aromatic carbocycles. The molecule has 4 rings (SSSR count). The van der Waals surface area contributed by atoms with Gasteiger partial charge in [0.25, 0.3) is 5.56 Å². The summed E-state index contributed by atoms with van der Waals surface area (Å²) in [4.78, 5) is 12.8. The molecule has 0 unspecified atom stereocenters. The fraction of sp³-hybridized carbons (Fsp3) is 0.190. The number of fused-ring (bicyclic) bond motifs is 3. The summed E-state index contributed by atoms with van der Waals surface area (Å²) >= 11 is 1.61. The molecule has 27 heavy (non-hydrogen) atoms. The van der Waals surface area contributed by atoms with Gasteiger partial charge in [-0.25, -0.2) is 0 Å². The summed E-state index contributed by atoms with van der Waals surface area (Å²) in [6.07, 6.45) is 5.08. The molecule has 0 aliphatic heterocycles. The molecular weight excluding hydrogens is 356 g/mol. The maximum Gasteiger partial charge on any atom is 0.262 e. The lowest BCUT2D eigenvalue weighted by atomic mass is 10.2. The molecule has 0 atom stereocenters. The highest BCUT2D eigenvalue weighted by molar-refractivity contribution is 7.99. The van der Waals surface area contributed by atoms with E-state index in [-0.39, 0.29) is 5.56 Å². The van der Waals surface area contributed by atoms with Gasteiger partial charge in [-0.15, -0.1) is 10.2 Å². The average molecular weight is 376 g/mol. The van der Waals surface area contributed by atoms with E-state index in [2.05, 4.69) is 41.4 Å². The predicted molar refractivity (Wildman–Crippen MR) is 111 cm³/mol. The largest absolute Gasteiger partial charge is 0.276 e. The van der Waals surface area contributed by atoms with Crippen LogP contribution < -0.4 is 5.56 Å². The average Bonchev–Trinajstić information content (AvgIpc) is 3.13. The van der Waals surface area contributed by atoms with Gasteiger partial charge in [0, 0.05) is 12.3 Å². The Hall–Kier alpha value is -2.86. The van der Waals surface area contributed by atoms with Crippen molar-refractivity contribution in [2.45, 2.75) is 25.0 Å². The van der Waals surface area contributed by atoms with Gasteiger partial charge in [-0.3, -0.25) is 13.8 Å². The van der Waals surface area contributed by atoms with Gasteiger partial charge in [0.15, 0.2) is 5.16 Å². The SMILES string of the molecule is CCCn1c(=O)c2ccccc2n2c(SCC=Cc3ccccc3)nnc12. The molecule has 136 valence electrons. The predicted octanol–water partition coefficient (Wildman–Crippen LogP) is 4.26. The maximum absolute atomic E-state index is 12.8. The highest BCUT2D eigenvalue weighted by Crippen LogP contribution is 2.22. The summed E-state index contributed by atoms with van der Waals surface area (Å²) in [6, 6.07) is 17.9. The van der Waals surface area contributed by atoms with Crippen molar-refractivity contribution in [1.82, 2.24) is 19.2 Å². The van der Waals surface area contributed by atoms with E-state index in [1.165, 1.54) is 5.56 Å². The lowest BCUT2D eigenvalue weighted by Crippen LogP contribution is -2.23. The molecule has 0 fully saturated rings. The third-order valence-electron chi connectivity index (χ3n) is 4.34. The molecule has 0 aliphatic carbocycles. The highest BCUT2D eigenvalue weighted by Gasteiger charge is 2.15. The Balaban J connectivity index is 1.72. The van der Waals surface area contributed by atoms with Gasteiger partial charge < -0.3 is 0 Å². The fourth-order valence-electron chi connectivity index (χ4n) is 3.12. The Morgan fingerprint density at radius 1 is 1.04 bits per heavy atom. The number of thioether (sulfide) groups is 1. The molecular formula is C21H20N4OS. The topological polar surface area (TPSA) is 52.2 Å². The van der Waals surface area contributed by atoms with Crippen LogP contribution in [0.15, 0.2) is 70.6 Å². The fourth-order valence-corrected chi connectivity index (χ4v) is 3.87. The van der Waals surface area contributed by atoms with Crippen LogP contribution in [0.3, 0.4) is 0 Å². The lowest BCUT2D eigenvalue weighted by Gasteiger charge is -2.10. The van der Waals surface area contributed by atoms with E-state index in [4.69, 9.17) is 0 Å². The highest BCUT2D eigenvalue weighted by atomic mass is 32.2. The number of aryl methyl sites for hydroxylation is 1. The Kier molecular flexibility index (Phi) is 5.07. The van der Waals surface area contributed by atoms with Crippen LogP contribution in [0.2, 0.25) is 0 Å². The third kappa shape index (κ3) is 3.40. The van der Waals surface area contributed by atoms with Gasteiger partial charge in [0.2, 0.25) is 5.78 Å². The van der Waals surface area contributed by atoms with Crippen molar-refractivity contribution in [2.75, 3.05) is 5.75 Å². The first-order valence-corrected chi connectivity index (χ1v) is 9.99. The smallest absolute Gasteiger partial charge is 0.262 e. The van der Waals surface area contributed by atoms with Crippen LogP contribution in [-0.2, 0) is 6.54 Å². The van der Waals surface area contributed by atoms with Crippen LogP contribution in [0.5, 0.6) is 0 Å². The third-order valence-corrected chi connectivity index (χ3v) is 5.23. The van der Waals surface area contributed by atoms with Crippen LogP contribution in [0.4, 0.5) is 0 Å². The van der Waals surface area contributed by atoms with Gasteiger partial charge in [0.05, 0.1) is 10.9 Å². The molecule has 2 aromatic heterocycles. The standard InChI is InChI=1S/C21H20N4OS/c1-2-14-24-19(26)17-12-6-7-13-18(17)25-20(24)22-23-21(25)27-15-8-11-16-9-4-3-5-10-16/h3-13H,2,14-15H2,1H3. The van der Waals surface area contributed by atoms with E-state index in [0.29, 0.717) is 17.7 Å². The second-order valence-electron chi connectivity index (χ2n) is 6.22. The quantitative estimate of drug-likeness (QED) is 0.472. The minimum absolute atomic E-state index is 0.00660. The minimum atomic E-state index is -0.00660. The van der Waals surface area contributed by atoms with Crippen LogP contribution in [-0.4, -0.2) is 24.9 Å². The number of para-hydroxylation sites is 1. The van der Waals surface area contributed by atoms with Crippen LogP contribution in [0, 0.1) is 0 Å². The van der Waals surface area contributed by atoms with Gasteiger partial charge >= 0.3 is 0 Å². The first kappa shape index (κ1) is 17.5. The summed E-state index contributed by atoms with van der Waals surface area (Å²) in [6.45, 7) is 2.68. The molecule has 0 N–H and O–H groups in total. The summed E-state index contributed by atoms with van der Waals surface area (Å²) in [5, 5.41) is 10.2. The van der Waals surface area contributed by atoms with Crippen LogP contribution in [0.25, 0.3) is 22.8 Å². The Bertz CT molecular complexity index is 1160. The second-order valence-corrected chi connectivity index (χ2v) is 7.20. The number of nitrogens with zero attached hydrogens (tertiary/aromatic N) is 4. The van der Waals surface area contributed by atoms with Crippen molar-refractivity contribution in [3.8, 4) is 0 Å². The van der Waals surface area contributed by atoms with Crippen molar-refractivity contribution in [3.63, 3.8) is 0 Å². The first-order chi connectivity index (χ1) is 13.3. The molecule has 2 heterocycles. The van der Waals surface area contributed by atoms with E-state index >= 15 is 0 Å².